The molecule has 5 nitrogen and oxygen atoms in total. The molecule has 1 amide bonds. The number of hydrogen-bond donors (Lipinski definition) is 1. The number of fused-ring (bicyclic) bond motifs is 1. The fraction of sp³-hybridized carbons (Fsp3) is 0.278. The summed E-state index contributed by atoms with van der Waals surface area (Å²) in [5.41, 5.74) is 1.87. The summed E-state index contributed by atoms with van der Waals surface area (Å²) in [6, 6.07) is 11.3. The molecule has 0 saturated carbocycles. The first-order chi connectivity index (χ1) is 12.4. The van der Waals surface area contributed by atoms with Gasteiger partial charge in [-0.3, -0.25) is 4.79 Å². The molecular formula is C18H17ClN2O3S2. The van der Waals surface area contributed by atoms with Gasteiger partial charge in [-0.2, -0.15) is 0 Å². The number of carbonyl (C=O) groups is 1. The molecule has 3 heterocycles. The number of aromatic nitrogens is 1. The van der Waals surface area contributed by atoms with Crippen LogP contribution in [0.5, 0.6) is 0 Å². The highest BCUT2D eigenvalue weighted by atomic mass is 35.5. The molecule has 4 rings (SSSR count). The lowest BCUT2D eigenvalue weighted by atomic mass is 10.2. The Kier molecular flexibility index (Phi) is 4.54. The van der Waals surface area contributed by atoms with Crippen LogP contribution < -0.4 is 5.32 Å². The molecule has 2 aromatic heterocycles. The smallest absolute Gasteiger partial charge is 0.240 e. The molecule has 136 valence electrons. The molecule has 1 aromatic carbocycles. The second-order valence-corrected chi connectivity index (χ2v) is 10.1. The number of nitrogens with one attached hydrogen (secondary N) is 1. The number of hydrogen-bond acceptors (Lipinski definition) is 4. The maximum atomic E-state index is 12.6. The number of benzene rings is 1. The highest BCUT2D eigenvalue weighted by molar-refractivity contribution is 7.91. The lowest BCUT2D eigenvalue weighted by Crippen LogP contribution is -2.37. The van der Waals surface area contributed by atoms with E-state index in [0.29, 0.717) is 11.4 Å². The monoisotopic (exact) mass is 408 g/mol. The minimum atomic E-state index is -3.02. The first-order valence-corrected chi connectivity index (χ1v) is 11.3. The predicted octanol–water partition coefficient (Wildman–Crippen LogP) is 3.33. The standard InChI is InChI=1S/C18H17ClN2O3S2/c19-13-3-4-15-12(8-13)9-16(17-2-1-6-25-17)21(15)10-18(22)20-14-5-7-26(23,24)11-14/h1-4,6,8-9,14H,5,7,10-11H2,(H,20,22)/t14-/m1/s1. The molecule has 0 aliphatic carbocycles. The normalized spacial score (nSPS) is 19.0. The Hall–Kier alpha value is -1.83. The van der Waals surface area contributed by atoms with E-state index in [-0.39, 0.29) is 30.0 Å². The average Bonchev–Trinajstić information content (AvgIpc) is 3.27. The van der Waals surface area contributed by atoms with Crippen LogP contribution in [0.25, 0.3) is 21.5 Å². The van der Waals surface area contributed by atoms with Gasteiger partial charge in [-0.25, -0.2) is 8.42 Å². The molecular weight excluding hydrogens is 392 g/mol. The summed E-state index contributed by atoms with van der Waals surface area (Å²) in [4.78, 5) is 13.6. The Morgan fingerprint density at radius 1 is 1.31 bits per heavy atom. The van der Waals surface area contributed by atoms with Gasteiger partial charge in [0.1, 0.15) is 6.54 Å². The summed E-state index contributed by atoms with van der Waals surface area (Å²) < 4.78 is 25.1. The highest BCUT2D eigenvalue weighted by Crippen LogP contribution is 2.32. The van der Waals surface area contributed by atoms with Crippen molar-refractivity contribution in [2.75, 3.05) is 11.5 Å². The second kappa shape index (κ2) is 6.72. The van der Waals surface area contributed by atoms with Crippen LogP contribution in [0.3, 0.4) is 0 Å². The number of thiophene rings is 1. The molecule has 1 saturated heterocycles. The fourth-order valence-electron chi connectivity index (χ4n) is 3.37. The third-order valence-electron chi connectivity index (χ3n) is 4.54. The van der Waals surface area contributed by atoms with Gasteiger partial charge in [0.05, 0.1) is 22.1 Å². The Morgan fingerprint density at radius 3 is 2.85 bits per heavy atom. The molecule has 1 aliphatic heterocycles. The van der Waals surface area contributed by atoms with Crippen LogP contribution >= 0.6 is 22.9 Å². The van der Waals surface area contributed by atoms with Gasteiger partial charge in [-0.15, -0.1) is 11.3 Å². The third-order valence-corrected chi connectivity index (χ3v) is 7.43. The van der Waals surface area contributed by atoms with Crippen LogP contribution in [0, 0.1) is 0 Å². The van der Waals surface area contributed by atoms with Crippen molar-refractivity contribution in [3.8, 4) is 10.6 Å². The number of amides is 1. The molecule has 8 heteroatoms. The summed E-state index contributed by atoms with van der Waals surface area (Å²) in [5, 5.41) is 6.47. The molecule has 1 atom stereocenters. The largest absolute Gasteiger partial charge is 0.351 e. The fourth-order valence-corrected chi connectivity index (χ4v) is 5.97. The van der Waals surface area contributed by atoms with Crippen molar-refractivity contribution in [3.05, 3.63) is 46.8 Å². The second-order valence-electron chi connectivity index (χ2n) is 6.46. The van der Waals surface area contributed by atoms with Gasteiger partial charge in [0.25, 0.3) is 0 Å². The summed E-state index contributed by atoms with van der Waals surface area (Å²) in [6.45, 7) is 0.134. The van der Waals surface area contributed by atoms with Gasteiger partial charge in [0.15, 0.2) is 9.84 Å². The van der Waals surface area contributed by atoms with Crippen molar-refractivity contribution in [2.24, 2.45) is 0 Å². The maximum absolute atomic E-state index is 12.6. The van der Waals surface area contributed by atoms with Crippen LogP contribution in [0.2, 0.25) is 5.02 Å². The Morgan fingerprint density at radius 2 is 2.15 bits per heavy atom. The molecule has 0 radical (unpaired) electrons. The average molecular weight is 409 g/mol. The van der Waals surface area contributed by atoms with Crippen LogP contribution in [0.1, 0.15) is 6.42 Å². The van der Waals surface area contributed by atoms with Crippen molar-refractivity contribution in [1.29, 1.82) is 0 Å². The van der Waals surface area contributed by atoms with E-state index in [9.17, 15) is 13.2 Å². The summed E-state index contributed by atoms with van der Waals surface area (Å²) >= 11 is 7.71. The Balaban J connectivity index is 1.64. The van der Waals surface area contributed by atoms with Gasteiger partial charge >= 0.3 is 0 Å². The third kappa shape index (κ3) is 3.51. The lowest BCUT2D eigenvalue weighted by molar-refractivity contribution is -0.122. The van der Waals surface area contributed by atoms with E-state index in [1.54, 1.807) is 17.4 Å². The Labute approximate surface area is 160 Å². The quantitative estimate of drug-likeness (QED) is 0.720. The van der Waals surface area contributed by atoms with Crippen LogP contribution in [-0.4, -0.2) is 36.4 Å². The first kappa shape index (κ1) is 17.6. The minimum Gasteiger partial charge on any atom is -0.351 e. The van der Waals surface area contributed by atoms with Crippen LogP contribution in [0.15, 0.2) is 41.8 Å². The van der Waals surface area contributed by atoms with Gasteiger partial charge in [-0.1, -0.05) is 17.7 Å². The van der Waals surface area contributed by atoms with Crippen molar-refractivity contribution < 1.29 is 13.2 Å². The van der Waals surface area contributed by atoms with E-state index in [1.807, 2.05) is 40.3 Å². The van der Waals surface area contributed by atoms with E-state index in [0.717, 1.165) is 21.5 Å². The van der Waals surface area contributed by atoms with Crippen molar-refractivity contribution >= 4 is 49.6 Å². The zero-order valence-electron chi connectivity index (χ0n) is 13.8. The van der Waals surface area contributed by atoms with E-state index in [2.05, 4.69) is 5.32 Å². The van der Waals surface area contributed by atoms with E-state index in [1.165, 1.54) is 0 Å². The van der Waals surface area contributed by atoms with Crippen molar-refractivity contribution in [2.45, 2.75) is 19.0 Å². The molecule has 3 aromatic rings. The van der Waals surface area contributed by atoms with Crippen molar-refractivity contribution in [1.82, 2.24) is 9.88 Å². The molecule has 26 heavy (non-hydrogen) atoms. The van der Waals surface area contributed by atoms with E-state index in [4.69, 9.17) is 11.6 Å². The van der Waals surface area contributed by atoms with Gasteiger partial charge in [0.2, 0.25) is 5.91 Å². The number of sulfone groups is 1. The summed E-state index contributed by atoms with van der Waals surface area (Å²) in [6.07, 6.45) is 0.480. The van der Waals surface area contributed by atoms with Gasteiger partial charge in [-0.05, 0) is 42.1 Å². The lowest BCUT2D eigenvalue weighted by Gasteiger charge is -2.14. The van der Waals surface area contributed by atoms with Gasteiger partial charge in [0, 0.05) is 22.0 Å². The molecule has 0 bridgehead atoms. The Bertz CT molecular complexity index is 1070. The number of halogens is 1. The first-order valence-electron chi connectivity index (χ1n) is 8.24. The van der Waals surface area contributed by atoms with E-state index >= 15 is 0 Å². The minimum absolute atomic E-state index is 0.0263. The molecule has 0 unspecified atom stereocenters. The maximum Gasteiger partial charge on any atom is 0.240 e. The zero-order valence-corrected chi connectivity index (χ0v) is 16.2. The van der Waals surface area contributed by atoms with Crippen LogP contribution in [-0.2, 0) is 21.2 Å². The summed E-state index contributed by atoms with van der Waals surface area (Å²) in [7, 11) is -3.02. The highest BCUT2D eigenvalue weighted by Gasteiger charge is 2.29. The summed E-state index contributed by atoms with van der Waals surface area (Å²) in [5.74, 6) is -0.0145. The molecule has 1 aliphatic rings. The van der Waals surface area contributed by atoms with E-state index < -0.39 is 9.84 Å². The number of rotatable bonds is 4. The zero-order chi connectivity index (χ0) is 18.3. The molecule has 1 N–H and O–H groups in total. The van der Waals surface area contributed by atoms with Crippen molar-refractivity contribution in [3.63, 3.8) is 0 Å². The SMILES string of the molecule is O=C(Cn1c(-c2cccs2)cc2cc(Cl)ccc21)N[C@@H]1CCS(=O)(=O)C1. The van der Waals surface area contributed by atoms with Gasteiger partial charge < -0.3 is 9.88 Å². The number of nitrogens with zero attached hydrogens (tertiary/aromatic N) is 1. The van der Waals surface area contributed by atoms with Crippen LogP contribution in [0.4, 0.5) is 0 Å². The number of carbonyl (C=O) groups excluding carboxylic acids is 1. The molecule has 0 spiro atoms. The molecule has 1 fully saturated rings. The predicted molar refractivity (Wildman–Crippen MR) is 105 cm³/mol. The topological polar surface area (TPSA) is 68.2 Å².